The van der Waals surface area contributed by atoms with E-state index in [4.69, 9.17) is 53.8 Å². The number of aromatic nitrogens is 6. The van der Waals surface area contributed by atoms with E-state index in [1.807, 2.05) is 80.6 Å². The first kappa shape index (κ1) is 50.1. The number of nitrogens with one attached hydrogen (secondary N) is 1. The molecule has 2 aliphatic heterocycles. The fourth-order valence-electron chi connectivity index (χ4n) is 8.51. The van der Waals surface area contributed by atoms with Gasteiger partial charge in [0.1, 0.15) is 34.3 Å². The van der Waals surface area contributed by atoms with E-state index < -0.39 is 30.7 Å². The van der Waals surface area contributed by atoms with Crippen LogP contribution in [0.1, 0.15) is 60.3 Å². The van der Waals surface area contributed by atoms with Crippen molar-refractivity contribution in [3.05, 3.63) is 153 Å². The van der Waals surface area contributed by atoms with Crippen molar-refractivity contribution < 1.29 is 25.6 Å². The highest BCUT2D eigenvalue weighted by molar-refractivity contribution is 8.13. The second-order valence-corrected chi connectivity index (χ2v) is 22.4. The number of sulfonamides is 1. The third-order valence-corrected chi connectivity index (χ3v) is 16.2. The summed E-state index contributed by atoms with van der Waals surface area (Å²) in [6.45, 7) is 9.79. The molecule has 69 heavy (non-hydrogen) atoms. The molecule has 19 heteroatoms. The molecular formula is C50H49Cl3F2N8O4S2. The van der Waals surface area contributed by atoms with Gasteiger partial charge in [-0.05, 0) is 150 Å². The lowest BCUT2D eigenvalue weighted by atomic mass is 10.1. The van der Waals surface area contributed by atoms with Crippen LogP contribution in [-0.2, 0) is 19.1 Å². The largest absolute Gasteiger partial charge is 0.317 e. The van der Waals surface area contributed by atoms with Crippen molar-refractivity contribution in [1.82, 2.24) is 38.7 Å². The summed E-state index contributed by atoms with van der Waals surface area (Å²) in [7, 11) is -2.60. The van der Waals surface area contributed by atoms with Crippen molar-refractivity contribution in [2.75, 3.05) is 26.2 Å². The minimum Gasteiger partial charge on any atom is -0.317 e. The second kappa shape index (κ2) is 20.9. The van der Waals surface area contributed by atoms with Crippen LogP contribution in [0, 0.1) is 39.3 Å². The van der Waals surface area contributed by atoms with Crippen LogP contribution in [0.3, 0.4) is 0 Å². The van der Waals surface area contributed by atoms with Crippen molar-refractivity contribution >= 4 is 75.3 Å². The minimum atomic E-state index is -3.81. The van der Waals surface area contributed by atoms with Crippen LogP contribution in [0.25, 0.3) is 45.1 Å². The summed E-state index contributed by atoms with van der Waals surface area (Å²) in [6.07, 6.45) is 3.31. The molecule has 0 aliphatic carbocycles. The molecule has 10 rings (SSSR count). The standard InChI is InChI=1S/C25H24ClFN4O2S.C18H19ClN4.C7H6ClFO2S/c1-16-7-9-19(15-22(16)27)34(32,33)30-13-11-18(12-14-30)31-24(20-5-3-4-6-21(20)26)29-23-10-8-17(2)28-25(23)31;1-12-6-7-16-18(21-12)23(13-8-10-20-11-9-13)17(22-16)14-4-2-3-5-15(14)19;1-5-2-3-6(4-7(5)9)12(8,10)11/h3-10,15,18H,11-14H2,1-2H3;2-7,13,20H,8-11H2,1H3;2-4H,1H3. The monoisotopic (exact) mass is 1030 g/mol. The topological polar surface area (TPSA) is 145 Å². The van der Waals surface area contributed by atoms with Gasteiger partial charge in [0.05, 0.1) is 19.8 Å². The molecule has 0 saturated carbocycles. The predicted molar refractivity (Wildman–Crippen MR) is 269 cm³/mol. The van der Waals surface area contributed by atoms with Gasteiger partial charge in [0, 0.05) is 58.4 Å². The molecular weight excluding hydrogens is 985 g/mol. The lowest BCUT2D eigenvalue weighted by Gasteiger charge is -2.32. The van der Waals surface area contributed by atoms with Gasteiger partial charge in [-0.2, -0.15) is 4.31 Å². The van der Waals surface area contributed by atoms with Crippen molar-refractivity contribution in [2.24, 2.45) is 0 Å². The Morgan fingerprint density at radius 2 is 1.00 bits per heavy atom. The molecule has 0 spiro atoms. The Labute approximate surface area is 414 Å². The number of pyridine rings is 2. The van der Waals surface area contributed by atoms with Gasteiger partial charge in [-0.15, -0.1) is 0 Å². The molecule has 4 aromatic carbocycles. The zero-order valence-corrected chi connectivity index (χ0v) is 42.1. The number of imidazole rings is 2. The number of piperidine rings is 2. The number of hydrogen-bond donors (Lipinski definition) is 1. The predicted octanol–water partition coefficient (Wildman–Crippen LogP) is 11.6. The second-order valence-electron chi connectivity index (χ2n) is 17.0. The maximum Gasteiger partial charge on any atom is 0.261 e. The van der Waals surface area contributed by atoms with Gasteiger partial charge in [-0.1, -0.05) is 59.6 Å². The number of fused-ring (bicyclic) bond motifs is 2. The van der Waals surface area contributed by atoms with Gasteiger partial charge < -0.3 is 14.5 Å². The highest BCUT2D eigenvalue weighted by Crippen LogP contribution is 2.38. The first-order chi connectivity index (χ1) is 32.9. The third-order valence-electron chi connectivity index (χ3n) is 12.3. The molecule has 6 heterocycles. The van der Waals surface area contributed by atoms with Gasteiger partial charge in [-0.25, -0.2) is 45.6 Å². The molecule has 2 aliphatic rings. The summed E-state index contributed by atoms with van der Waals surface area (Å²) in [5.41, 5.74) is 7.91. The summed E-state index contributed by atoms with van der Waals surface area (Å²) in [5, 5.41) is 4.75. The van der Waals surface area contributed by atoms with Gasteiger partial charge in [0.15, 0.2) is 11.3 Å². The number of nitrogens with zero attached hydrogens (tertiary/aromatic N) is 7. The van der Waals surface area contributed by atoms with Crippen molar-refractivity contribution in [3.8, 4) is 22.8 Å². The maximum absolute atomic E-state index is 14.0. The van der Waals surface area contributed by atoms with Crippen LogP contribution in [0.5, 0.6) is 0 Å². The Balaban J connectivity index is 0.000000157. The smallest absolute Gasteiger partial charge is 0.261 e. The Kier molecular flexibility index (Phi) is 15.2. The molecule has 0 unspecified atom stereocenters. The zero-order chi connectivity index (χ0) is 49.2. The lowest BCUT2D eigenvalue weighted by Crippen LogP contribution is -2.39. The van der Waals surface area contributed by atoms with E-state index in [2.05, 4.69) is 20.5 Å². The molecule has 0 bridgehead atoms. The Morgan fingerprint density at radius 3 is 1.45 bits per heavy atom. The lowest BCUT2D eigenvalue weighted by molar-refractivity contribution is 0.278. The first-order valence-corrected chi connectivity index (χ1v) is 26.8. The van der Waals surface area contributed by atoms with Crippen LogP contribution in [0.4, 0.5) is 8.78 Å². The molecule has 0 atom stereocenters. The number of benzene rings is 4. The molecule has 2 fully saturated rings. The van der Waals surface area contributed by atoms with E-state index in [0.29, 0.717) is 48.1 Å². The van der Waals surface area contributed by atoms with E-state index in [1.165, 1.54) is 28.6 Å². The fourth-order valence-corrected chi connectivity index (χ4v) is 11.2. The molecule has 8 aromatic rings. The molecule has 1 N–H and O–H groups in total. The highest BCUT2D eigenvalue weighted by atomic mass is 35.7. The molecule has 0 radical (unpaired) electrons. The van der Waals surface area contributed by atoms with Gasteiger partial charge in [0.2, 0.25) is 10.0 Å². The van der Waals surface area contributed by atoms with E-state index in [-0.39, 0.29) is 15.8 Å². The number of hydrogen-bond acceptors (Lipinski definition) is 9. The summed E-state index contributed by atoms with van der Waals surface area (Å²) < 4.78 is 80.3. The van der Waals surface area contributed by atoms with Crippen LogP contribution < -0.4 is 5.32 Å². The van der Waals surface area contributed by atoms with E-state index >= 15 is 0 Å². The van der Waals surface area contributed by atoms with Gasteiger partial charge >= 0.3 is 0 Å². The number of halogens is 5. The molecule has 2 saturated heterocycles. The quantitative estimate of drug-likeness (QED) is 0.154. The SMILES string of the molecule is Cc1ccc(S(=O)(=O)Cl)cc1F.Cc1ccc2nc(-c3ccccc3Cl)n(C3CCN(S(=O)(=O)c4ccc(C)c(F)c4)CC3)c2n1.Cc1ccc2nc(-c3ccccc3Cl)n(C3CCNCC3)c2n1. The first-order valence-electron chi connectivity index (χ1n) is 22.3. The average molecular weight is 1030 g/mol. The molecule has 12 nitrogen and oxygen atoms in total. The van der Waals surface area contributed by atoms with Crippen LogP contribution in [0.15, 0.2) is 119 Å². The number of aryl methyl sites for hydroxylation is 4. The van der Waals surface area contributed by atoms with Crippen LogP contribution in [0.2, 0.25) is 10.0 Å². The molecule has 0 amide bonds. The minimum absolute atomic E-state index is 0.00761. The van der Waals surface area contributed by atoms with Crippen molar-refractivity contribution in [2.45, 2.75) is 75.3 Å². The van der Waals surface area contributed by atoms with E-state index in [1.54, 1.807) is 13.8 Å². The highest BCUT2D eigenvalue weighted by Gasteiger charge is 2.33. The Bertz CT molecular complexity index is 3410. The maximum atomic E-state index is 14.0. The summed E-state index contributed by atoms with van der Waals surface area (Å²) in [4.78, 5) is 19.0. The summed E-state index contributed by atoms with van der Waals surface area (Å²) >= 11 is 13.0. The normalized spacial score (nSPS) is 15.1. The Morgan fingerprint density at radius 1 is 0.565 bits per heavy atom. The van der Waals surface area contributed by atoms with Crippen molar-refractivity contribution in [1.29, 1.82) is 0 Å². The molecule has 4 aromatic heterocycles. The van der Waals surface area contributed by atoms with Crippen LogP contribution >= 0.6 is 33.9 Å². The van der Waals surface area contributed by atoms with E-state index in [0.717, 1.165) is 99.6 Å². The van der Waals surface area contributed by atoms with E-state index in [9.17, 15) is 25.6 Å². The molecule has 360 valence electrons. The van der Waals surface area contributed by atoms with Crippen LogP contribution in [-0.4, -0.2) is 76.4 Å². The van der Waals surface area contributed by atoms with Gasteiger partial charge in [0.25, 0.3) is 9.05 Å². The average Bonchev–Trinajstić information content (AvgIpc) is 3.89. The van der Waals surface area contributed by atoms with Crippen molar-refractivity contribution in [3.63, 3.8) is 0 Å². The Hall–Kier alpha value is -5.33. The zero-order valence-electron chi connectivity index (χ0n) is 38.2. The number of rotatable bonds is 7. The third kappa shape index (κ3) is 11.0. The van der Waals surface area contributed by atoms with Gasteiger partial charge in [-0.3, -0.25) is 0 Å². The summed E-state index contributed by atoms with van der Waals surface area (Å²) in [5.74, 6) is 0.555. The fraction of sp³-hybridized carbons (Fsp3) is 0.280. The summed E-state index contributed by atoms with van der Waals surface area (Å²) in [6, 6.07) is 31.4.